The zero-order valence-electron chi connectivity index (χ0n) is 17.6. The van der Waals surface area contributed by atoms with Crippen LogP contribution < -0.4 is 9.99 Å². The number of amides is 1. The van der Waals surface area contributed by atoms with Gasteiger partial charge in [0.1, 0.15) is 0 Å². The molecule has 1 atom stereocenters. The van der Waals surface area contributed by atoms with Crippen molar-refractivity contribution in [2.24, 2.45) is 5.10 Å². The minimum absolute atomic E-state index is 0.0751. The van der Waals surface area contributed by atoms with Crippen LogP contribution in [0.15, 0.2) is 96.4 Å². The molecule has 1 aromatic heterocycles. The standard InChI is InChI=1S/C25H28N4O/c1-28(2)19-23(22-14-8-4-9-15-22)24(18-21-12-6-3-7-13-21)26-27-25(30)20-29-16-10-5-11-17-29/h3-17,23H,18-20H2,1-2H3/p+1/b26-24+/t23-/m1/s1. The molecule has 1 amide bonds. The fourth-order valence-electron chi connectivity index (χ4n) is 3.37. The normalized spacial score (nSPS) is 12.6. The third-order valence-corrected chi connectivity index (χ3v) is 4.81. The number of hydrogen-bond donors (Lipinski definition) is 1. The topological polar surface area (TPSA) is 48.6 Å². The van der Waals surface area contributed by atoms with Crippen LogP contribution in [-0.2, 0) is 17.8 Å². The molecule has 5 nitrogen and oxygen atoms in total. The first-order valence-corrected chi connectivity index (χ1v) is 10.1. The lowest BCUT2D eigenvalue weighted by Crippen LogP contribution is -2.41. The highest BCUT2D eigenvalue weighted by Gasteiger charge is 2.21. The number of hydrazone groups is 1. The molecular formula is C25H29N4O+. The van der Waals surface area contributed by atoms with E-state index in [0.717, 1.165) is 12.3 Å². The van der Waals surface area contributed by atoms with Crippen LogP contribution in [0.4, 0.5) is 0 Å². The van der Waals surface area contributed by atoms with Crippen LogP contribution in [-0.4, -0.2) is 37.2 Å². The van der Waals surface area contributed by atoms with Gasteiger partial charge in [-0.2, -0.15) is 9.67 Å². The Balaban J connectivity index is 1.85. The lowest BCUT2D eigenvalue weighted by atomic mass is 9.90. The van der Waals surface area contributed by atoms with E-state index in [-0.39, 0.29) is 18.4 Å². The van der Waals surface area contributed by atoms with Crippen LogP contribution in [0.3, 0.4) is 0 Å². The number of pyridine rings is 1. The molecule has 0 unspecified atom stereocenters. The first kappa shape index (κ1) is 21.4. The smallest absolute Gasteiger partial charge is 0.305 e. The van der Waals surface area contributed by atoms with Gasteiger partial charge in [0.2, 0.25) is 6.54 Å². The van der Waals surface area contributed by atoms with E-state index < -0.39 is 0 Å². The number of nitrogens with zero attached hydrogens (tertiary/aromatic N) is 3. The van der Waals surface area contributed by atoms with Gasteiger partial charge in [-0.25, -0.2) is 5.43 Å². The maximum Gasteiger partial charge on any atom is 0.305 e. The SMILES string of the molecule is CN(C)C[C@@H](/C(Cc1ccccc1)=N/NC(=O)C[n+]1ccccc1)c1ccccc1. The summed E-state index contributed by atoms with van der Waals surface area (Å²) in [6.45, 7) is 1.03. The second kappa shape index (κ2) is 11.0. The predicted molar refractivity (Wildman–Crippen MR) is 120 cm³/mol. The molecule has 0 fully saturated rings. The first-order valence-electron chi connectivity index (χ1n) is 10.1. The second-order valence-corrected chi connectivity index (χ2v) is 7.57. The number of nitrogens with one attached hydrogen (secondary N) is 1. The van der Waals surface area contributed by atoms with E-state index in [1.165, 1.54) is 11.1 Å². The highest BCUT2D eigenvalue weighted by Crippen LogP contribution is 2.21. The number of carbonyl (C=O) groups is 1. The Morgan fingerprint density at radius 3 is 2.17 bits per heavy atom. The van der Waals surface area contributed by atoms with Crippen molar-refractivity contribution in [2.45, 2.75) is 18.9 Å². The van der Waals surface area contributed by atoms with Crippen LogP contribution in [0.1, 0.15) is 17.0 Å². The zero-order valence-corrected chi connectivity index (χ0v) is 17.6. The lowest BCUT2D eigenvalue weighted by Gasteiger charge is -2.23. The molecule has 154 valence electrons. The summed E-state index contributed by atoms with van der Waals surface area (Å²) in [4.78, 5) is 14.7. The van der Waals surface area contributed by atoms with Gasteiger partial charge in [0.15, 0.2) is 12.4 Å². The van der Waals surface area contributed by atoms with Crippen molar-refractivity contribution in [3.8, 4) is 0 Å². The number of likely N-dealkylation sites (N-methyl/N-ethyl adjacent to an activating group) is 1. The van der Waals surface area contributed by atoms with Crippen molar-refractivity contribution < 1.29 is 9.36 Å². The maximum atomic E-state index is 12.5. The minimum atomic E-state index is -0.145. The predicted octanol–water partition coefficient (Wildman–Crippen LogP) is 3.03. The maximum absolute atomic E-state index is 12.5. The van der Waals surface area contributed by atoms with E-state index in [0.29, 0.717) is 6.42 Å². The van der Waals surface area contributed by atoms with E-state index in [9.17, 15) is 4.79 Å². The summed E-state index contributed by atoms with van der Waals surface area (Å²) in [5.74, 6) is -0.0699. The van der Waals surface area contributed by atoms with Crippen LogP contribution >= 0.6 is 0 Å². The number of aromatic nitrogens is 1. The largest absolute Gasteiger partial charge is 0.308 e. The fraction of sp³-hybridized carbons (Fsp3) is 0.240. The number of carbonyl (C=O) groups excluding carboxylic acids is 1. The van der Waals surface area contributed by atoms with E-state index in [2.05, 4.69) is 53.8 Å². The Hall–Kier alpha value is -3.31. The summed E-state index contributed by atoms with van der Waals surface area (Å²) in [5, 5.41) is 4.62. The van der Waals surface area contributed by atoms with E-state index in [4.69, 9.17) is 0 Å². The van der Waals surface area contributed by atoms with Gasteiger partial charge in [-0.1, -0.05) is 66.7 Å². The second-order valence-electron chi connectivity index (χ2n) is 7.57. The summed E-state index contributed by atoms with van der Waals surface area (Å²) < 4.78 is 1.83. The molecule has 0 saturated carbocycles. The molecule has 0 aliphatic heterocycles. The Bertz CT molecular complexity index is 941. The average molecular weight is 402 g/mol. The van der Waals surface area contributed by atoms with Crippen LogP contribution in [0.25, 0.3) is 0 Å². The Labute approximate surface area is 178 Å². The highest BCUT2D eigenvalue weighted by molar-refractivity contribution is 5.93. The quantitative estimate of drug-likeness (QED) is 0.340. The summed E-state index contributed by atoms with van der Waals surface area (Å²) in [5.41, 5.74) is 6.08. The molecule has 0 spiro atoms. The van der Waals surface area contributed by atoms with Crippen LogP contribution in [0.5, 0.6) is 0 Å². The molecule has 0 radical (unpaired) electrons. The summed E-state index contributed by atoms with van der Waals surface area (Å²) in [6.07, 6.45) is 4.41. The van der Waals surface area contributed by atoms with Gasteiger partial charge in [0, 0.05) is 31.0 Å². The van der Waals surface area contributed by atoms with E-state index in [1.807, 2.05) is 71.6 Å². The van der Waals surface area contributed by atoms with Crippen molar-refractivity contribution in [1.29, 1.82) is 0 Å². The Morgan fingerprint density at radius 2 is 1.53 bits per heavy atom. The van der Waals surface area contributed by atoms with Crippen molar-refractivity contribution in [3.05, 3.63) is 102 Å². The van der Waals surface area contributed by atoms with Gasteiger partial charge in [-0.05, 0) is 25.2 Å². The summed E-state index contributed by atoms with van der Waals surface area (Å²) in [6, 6.07) is 26.3. The van der Waals surface area contributed by atoms with E-state index in [1.54, 1.807) is 0 Å². The fourth-order valence-corrected chi connectivity index (χ4v) is 3.37. The molecule has 0 bridgehead atoms. The van der Waals surface area contributed by atoms with Crippen molar-refractivity contribution >= 4 is 11.6 Å². The van der Waals surface area contributed by atoms with Gasteiger partial charge in [0.05, 0.1) is 5.71 Å². The molecule has 1 heterocycles. The third-order valence-electron chi connectivity index (χ3n) is 4.81. The summed E-state index contributed by atoms with van der Waals surface area (Å²) in [7, 11) is 4.11. The lowest BCUT2D eigenvalue weighted by molar-refractivity contribution is -0.684. The third kappa shape index (κ3) is 6.64. The molecule has 3 aromatic rings. The number of hydrogen-bond acceptors (Lipinski definition) is 3. The van der Waals surface area contributed by atoms with Crippen LogP contribution in [0, 0.1) is 0 Å². The van der Waals surface area contributed by atoms with Gasteiger partial charge >= 0.3 is 5.91 Å². The molecule has 0 saturated heterocycles. The molecular weight excluding hydrogens is 372 g/mol. The van der Waals surface area contributed by atoms with Crippen molar-refractivity contribution in [2.75, 3.05) is 20.6 Å². The van der Waals surface area contributed by atoms with Gasteiger partial charge < -0.3 is 4.90 Å². The monoisotopic (exact) mass is 401 g/mol. The Kier molecular flexibility index (Phi) is 7.86. The number of rotatable bonds is 9. The van der Waals surface area contributed by atoms with Crippen molar-refractivity contribution in [1.82, 2.24) is 10.3 Å². The zero-order chi connectivity index (χ0) is 21.2. The molecule has 5 heteroatoms. The van der Waals surface area contributed by atoms with E-state index >= 15 is 0 Å². The Morgan fingerprint density at radius 1 is 0.933 bits per heavy atom. The molecule has 30 heavy (non-hydrogen) atoms. The minimum Gasteiger partial charge on any atom is -0.308 e. The van der Waals surface area contributed by atoms with Crippen LogP contribution in [0.2, 0.25) is 0 Å². The molecule has 3 rings (SSSR count). The first-order chi connectivity index (χ1) is 14.6. The average Bonchev–Trinajstić information content (AvgIpc) is 2.77. The number of benzene rings is 2. The summed E-state index contributed by atoms with van der Waals surface area (Å²) >= 11 is 0. The molecule has 0 aliphatic carbocycles. The van der Waals surface area contributed by atoms with Gasteiger partial charge in [-0.3, -0.25) is 4.79 Å². The van der Waals surface area contributed by atoms with Gasteiger partial charge in [0.25, 0.3) is 0 Å². The van der Waals surface area contributed by atoms with Gasteiger partial charge in [-0.15, -0.1) is 0 Å². The molecule has 0 aliphatic rings. The molecule has 1 N–H and O–H groups in total. The van der Waals surface area contributed by atoms with Crippen molar-refractivity contribution in [3.63, 3.8) is 0 Å². The molecule has 2 aromatic carbocycles. The highest BCUT2D eigenvalue weighted by atomic mass is 16.2.